The smallest absolute Gasteiger partial charge is 0.211 e. The lowest BCUT2D eigenvalue weighted by molar-refractivity contribution is 0.400. The molecule has 0 amide bonds. The zero-order valence-corrected chi connectivity index (χ0v) is 11.2. The second kappa shape index (κ2) is 6.31. The van der Waals surface area contributed by atoms with Crippen LogP contribution >= 0.6 is 0 Å². The molecule has 0 aromatic carbocycles. The van der Waals surface area contributed by atoms with Gasteiger partial charge in [0.15, 0.2) is 0 Å². The Morgan fingerprint density at radius 1 is 1.39 bits per heavy atom. The van der Waals surface area contributed by atoms with E-state index >= 15 is 0 Å². The monoisotopic (exact) mass is 272 g/mol. The summed E-state index contributed by atoms with van der Waals surface area (Å²) in [5.41, 5.74) is 0.944. The maximum Gasteiger partial charge on any atom is 0.211 e. The average molecular weight is 272 g/mol. The SMILES string of the molecule is O=S(=O)(CC1CCNCC1)NCCc1cnc[nH]1. The quantitative estimate of drug-likeness (QED) is 0.673. The Balaban J connectivity index is 1.73. The lowest BCUT2D eigenvalue weighted by Crippen LogP contribution is -2.36. The number of hydrogen-bond acceptors (Lipinski definition) is 4. The summed E-state index contributed by atoms with van der Waals surface area (Å²) in [6, 6.07) is 0. The number of piperidine rings is 1. The second-order valence-corrected chi connectivity index (χ2v) is 6.55. The highest BCUT2D eigenvalue weighted by molar-refractivity contribution is 7.89. The molecule has 0 spiro atoms. The predicted octanol–water partition coefficient (Wildman–Crippen LogP) is -0.129. The van der Waals surface area contributed by atoms with Gasteiger partial charge in [-0.15, -0.1) is 0 Å². The van der Waals surface area contributed by atoms with Gasteiger partial charge in [0.2, 0.25) is 10.0 Å². The summed E-state index contributed by atoms with van der Waals surface area (Å²) in [5.74, 6) is 0.536. The Morgan fingerprint density at radius 3 is 2.83 bits per heavy atom. The van der Waals surface area contributed by atoms with Crippen molar-refractivity contribution in [1.82, 2.24) is 20.0 Å². The van der Waals surface area contributed by atoms with Gasteiger partial charge in [-0.1, -0.05) is 0 Å². The molecule has 0 atom stereocenters. The van der Waals surface area contributed by atoms with Crippen molar-refractivity contribution >= 4 is 10.0 Å². The number of hydrogen-bond donors (Lipinski definition) is 3. The second-order valence-electron chi connectivity index (χ2n) is 4.70. The van der Waals surface area contributed by atoms with Crippen LogP contribution in [0, 0.1) is 5.92 Å². The van der Waals surface area contributed by atoms with Gasteiger partial charge in [-0.3, -0.25) is 0 Å². The van der Waals surface area contributed by atoms with Crippen molar-refractivity contribution in [1.29, 1.82) is 0 Å². The van der Waals surface area contributed by atoms with Crippen molar-refractivity contribution in [3.8, 4) is 0 Å². The third-order valence-corrected chi connectivity index (χ3v) is 4.74. The van der Waals surface area contributed by atoms with Crippen LogP contribution in [0.3, 0.4) is 0 Å². The maximum atomic E-state index is 11.9. The minimum Gasteiger partial charge on any atom is -0.348 e. The fourth-order valence-corrected chi connectivity index (χ4v) is 3.67. The van der Waals surface area contributed by atoms with Crippen LogP contribution in [-0.2, 0) is 16.4 Å². The molecule has 7 heteroatoms. The first-order valence-electron chi connectivity index (χ1n) is 6.31. The lowest BCUT2D eigenvalue weighted by Gasteiger charge is -2.22. The molecule has 1 aliphatic rings. The molecule has 18 heavy (non-hydrogen) atoms. The Bertz CT molecular complexity index is 438. The van der Waals surface area contributed by atoms with Crippen LogP contribution in [0.4, 0.5) is 0 Å². The van der Waals surface area contributed by atoms with E-state index in [-0.39, 0.29) is 11.7 Å². The van der Waals surface area contributed by atoms with E-state index in [9.17, 15) is 8.42 Å². The minimum absolute atomic E-state index is 0.248. The molecule has 0 aliphatic carbocycles. The highest BCUT2D eigenvalue weighted by Gasteiger charge is 2.20. The number of H-pyrrole nitrogens is 1. The molecule has 1 aromatic rings. The fourth-order valence-electron chi connectivity index (χ4n) is 2.18. The average Bonchev–Trinajstić information content (AvgIpc) is 2.82. The number of nitrogens with zero attached hydrogens (tertiary/aromatic N) is 1. The summed E-state index contributed by atoms with van der Waals surface area (Å²) in [5, 5.41) is 3.24. The molecule has 0 radical (unpaired) electrons. The van der Waals surface area contributed by atoms with Crippen molar-refractivity contribution < 1.29 is 8.42 Å². The first-order chi connectivity index (χ1) is 8.66. The van der Waals surface area contributed by atoms with E-state index in [1.54, 1.807) is 12.5 Å². The normalized spacial score (nSPS) is 18.0. The highest BCUT2D eigenvalue weighted by atomic mass is 32.2. The van der Waals surface area contributed by atoms with Crippen LogP contribution in [0.25, 0.3) is 0 Å². The maximum absolute atomic E-state index is 11.9. The van der Waals surface area contributed by atoms with Gasteiger partial charge in [0.05, 0.1) is 12.1 Å². The standard InChI is InChI=1S/C11H20N4O2S/c16-18(17,8-10-1-4-12-5-2-10)15-6-3-11-7-13-9-14-11/h7,9-10,12,15H,1-6,8H2,(H,13,14). The van der Waals surface area contributed by atoms with Crippen LogP contribution in [-0.4, -0.2) is 43.8 Å². The first kappa shape index (κ1) is 13.5. The molecule has 1 aliphatic heterocycles. The van der Waals surface area contributed by atoms with E-state index in [0.29, 0.717) is 13.0 Å². The lowest BCUT2D eigenvalue weighted by atomic mass is 10.0. The Kier molecular flexibility index (Phi) is 4.73. The third-order valence-electron chi connectivity index (χ3n) is 3.19. The van der Waals surface area contributed by atoms with Gasteiger partial charge in [0, 0.05) is 24.9 Å². The molecule has 3 N–H and O–H groups in total. The van der Waals surface area contributed by atoms with Crippen LogP contribution in [0.1, 0.15) is 18.5 Å². The largest absolute Gasteiger partial charge is 0.348 e. The highest BCUT2D eigenvalue weighted by Crippen LogP contribution is 2.13. The van der Waals surface area contributed by atoms with Crippen LogP contribution in [0.5, 0.6) is 0 Å². The van der Waals surface area contributed by atoms with Crippen molar-refractivity contribution in [3.05, 3.63) is 18.2 Å². The molecular formula is C11H20N4O2S. The van der Waals surface area contributed by atoms with Crippen LogP contribution in [0.15, 0.2) is 12.5 Å². The van der Waals surface area contributed by atoms with Gasteiger partial charge in [-0.25, -0.2) is 18.1 Å². The predicted molar refractivity (Wildman–Crippen MR) is 69.7 cm³/mol. The van der Waals surface area contributed by atoms with E-state index in [0.717, 1.165) is 31.6 Å². The Labute approximate surface area is 108 Å². The van der Waals surface area contributed by atoms with Crippen molar-refractivity contribution in [2.45, 2.75) is 19.3 Å². The Hall–Kier alpha value is -0.920. The summed E-state index contributed by atoms with van der Waals surface area (Å²) in [7, 11) is -3.15. The molecule has 6 nitrogen and oxygen atoms in total. The number of aromatic amines is 1. The zero-order chi connectivity index (χ0) is 12.8. The first-order valence-corrected chi connectivity index (χ1v) is 7.96. The number of aromatic nitrogens is 2. The van der Waals surface area contributed by atoms with Gasteiger partial charge in [0.1, 0.15) is 0 Å². The van der Waals surface area contributed by atoms with Gasteiger partial charge >= 0.3 is 0 Å². The van der Waals surface area contributed by atoms with E-state index in [2.05, 4.69) is 20.0 Å². The molecule has 0 saturated carbocycles. The van der Waals surface area contributed by atoms with E-state index in [1.807, 2.05) is 0 Å². The minimum atomic E-state index is -3.15. The van der Waals surface area contributed by atoms with Gasteiger partial charge in [-0.2, -0.15) is 0 Å². The van der Waals surface area contributed by atoms with E-state index < -0.39 is 10.0 Å². The third kappa shape index (κ3) is 4.40. The number of sulfonamides is 1. The van der Waals surface area contributed by atoms with Crippen LogP contribution < -0.4 is 10.0 Å². The van der Waals surface area contributed by atoms with E-state index in [1.165, 1.54) is 0 Å². The summed E-state index contributed by atoms with van der Waals surface area (Å²) in [6.45, 7) is 2.28. The van der Waals surface area contributed by atoms with E-state index in [4.69, 9.17) is 0 Å². The molecule has 1 aromatic heterocycles. The molecule has 102 valence electrons. The summed E-state index contributed by atoms with van der Waals surface area (Å²) < 4.78 is 26.4. The van der Waals surface area contributed by atoms with Crippen molar-refractivity contribution in [2.24, 2.45) is 5.92 Å². The number of imidazole rings is 1. The molecule has 1 fully saturated rings. The summed E-state index contributed by atoms with van der Waals surface area (Å²) >= 11 is 0. The number of nitrogens with one attached hydrogen (secondary N) is 3. The fraction of sp³-hybridized carbons (Fsp3) is 0.727. The molecule has 0 bridgehead atoms. The summed E-state index contributed by atoms with van der Waals surface area (Å²) in [4.78, 5) is 6.84. The van der Waals surface area contributed by atoms with Crippen molar-refractivity contribution in [3.63, 3.8) is 0 Å². The number of rotatable bonds is 6. The van der Waals surface area contributed by atoms with Crippen LogP contribution in [0.2, 0.25) is 0 Å². The van der Waals surface area contributed by atoms with Gasteiger partial charge in [0.25, 0.3) is 0 Å². The molecule has 0 unspecified atom stereocenters. The molecule has 1 saturated heterocycles. The topological polar surface area (TPSA) is 86.9 Å². The Morgan fingerprint density at radius 2 is 2.17 bits per heavy atom. The van der Waals surface area contributed by atoms with Gasteiger partial charge < -0.3 is 10.3 Å². The van der Waals surface area contributed by atoms with Gasteiger partial charge in [-0.05, 0) is 31.8 Å². The van der Waals surface area contributed by atoms with Crippen molar-refractivity contribution in [2.75, 3.05) is 25.4 Å². The molecular weight excluding hydrogens is 252 g/mol. The summed E-state index contributed by atoms with van der Waals surface area (Å²) in [6.07, 6.45) is 5.84. The zero-order valence-electron chi connectivity index (χ0n) is 10.4. The molecule has 2 rings (SSSR count). The molecule has 2 heterocycles.